The maximum atomic E-state index is 11.7. The minimum Gasteiger partial charge on any atom is -0.353 e. The smallest absolute Gasteiger partial charge is 0.224 e. The molecule has 1 heterocycles. The number of hydrogen-bond acceptors (Lipinski definition) is 3. The van der Waals surface area contributed by atoms with Crippen LogP contribution in [0, 0.1) is 5.92 Å². The molecule has 0 saturated carbocycles. The molecule has 1 atom stereocenters. The average Bonchev–Trinajstić information content (AvgIpc) is 2.23. The van der Waals surface area contributed by atoms with Crippen LogP contribution < -0.4 is 11.1 Å². The van der Waals surface area contributed by atoms with Crippen molar-refractivity contribution in [3.8, 4) is 0 Å². The van der Waals surface area contributed by atoms with Crippen LogP contribution in [-0.2, 0) is 15.6 Å². The molecule has 1 amide bonds. The highest BCUT2D eigenvalue weighted by Gasteiger charge is 2.22. The summed E-state index contributed by atoms with van der Waals surface area (Å²) in [5.74, 6) is 1.41. The van der Waals surface area contributed by atoms with E-state index in [0.717, 1.165) is 19.3 Å². The van der Waals surface area contributed by atoms with Gasteiger partial charge in [0.15, 0.2) is 0 Å². The van der Waals surface area contributed by atoms with Crippen molar-refractivity contribution in [2.75, 3.05) is 18.1 Å². The summed E-state index contributed by atoms with van der Waals surface area (Å²) in [6.07, 6.45) is 2.44. The Morgan fingerprint density at radius 1 is 1.53 bits per heavy atom. The molecule has 0 radical (unpaired) electrons. The Morgan fingerprint density at radius 3 is 2.60 bits per heavy atom. The van der Waals surface area contributed by atoms with Crippen LogP contribution in [0.4, 0.5) is 0 Å². The molecule has 0 aromatic rings. The first kappa shape index (κ1) is 12.6. The Kier molecular flexibility index (Phi) is 5.25. The minimum absolute atomic E-state index is 0.0534. The van der Waals surface area contributed by atoms with Crippen LogP contribution in [0.1, 0.15) is 26.2 Å². The number of hydrogen-bond donors (Lipinski definition) is 2. The van der Waals surface area contributed by atoms with Gasteiger partial charge in [-0.1, -0.05) is 6.92 Å². The average molecular weight is 232 g/mol. The maximum Gasteiger partial charge on any atom is 0.224 e. The molecule has 1 aliphatic rings. The van der Waals surface area contributed by atoms with Gasteiger partial charge in [0.2, 0.25) is 5.91 Å². The van der Waals surface area contributed by atoms with E-state index in [1.54, 1.807) is 0 Å². The fraction of sp³-hybridized carbons (Fsp3) is 0.900. The van der Waals surface area contributed by atoms with Crippen LogP contribution in [-0.4, -0.2) is 34.2 Å². The van der Waals surface area contributed by atoms with Crippen molar-refractivity contribution in [3.05, 3.63) is 0 Å². The van der Waals surface area contributed by atoms with Crippen LogP contribution in [0.3, 0.4) is 0 Å². The van der Waals surface area contributed by atoms with E-state index >= 15 is 0 Å². The van der Waals surface area contributed by atoms with Gasteiger partial charge in [0.05, 0.1) is 0 Å². The summed E-state index contributed by atoms with van der Waals surface area (Å²) in [5, 5.41) is 2.99. The third-order valence-electron chi connectivity index (χ3n) is 2.88. The zero-order valence-electron chi connectivity index (χ0n) is 9.20. The first-order valence-electron chi connectivity index (χ1n) is 5.52. The van der Waals surface area contributed by atoms with E-state index in [1.165, 1.54) is 0 Å². The number of nitrogens with two attached hydrogens (primary N) is 1. The molecular weight excluding hydrogens is 212 g/mol. The van der Waals surface area contributed by atoms with Crippen LogP contribution in [0.25, 0.3) is 0 Å². The highest BCUT2D eigenvalue weighted by Crippen LogP contribution is 2.10. The van der Waals surface area contributed by atoms with Crippen molar-refractivity contribution in [3.63, 3.8) is 0 Å². The van der Waals surface area contributed by atoms with E-state index in [2.05, 4.69) is 5.32 Å². The topological polar surface area (TPSA) is 72.2 Å². The van der Waals surface area contributed by atoms with E-state index in [-0.39, 0.29) is 17.9 Å². The predicted octanol–water partition coefficient (Wildman–Crippen LogP) is -0.00140. The summed E-state index contributed by atoms with van der Waals surface area (Å²) < 4.78 is 11.1. The van der Waals surface area contributed by atoms with E-state index in [1.807, 2.05) is 6.92 Å². The van der Waals surface area contributed by atoms with Crippen molar-refractivity contribution < 1.29 is 9.00 Å². The number of carbonyl (C=O) groups is 1. The zero-order valence-corrected chi connectivity index (χ0v) is 10.0. The van der Waals surface area contributed by atoms with Gasteiger partial charge in [-0.05, 0) is 19.3 Å². The molecule has 0 aliphatic carbocycles. The van der Waals surface area contributed by atoms with Crippen molar-refractivity contribution >= 4 is 16.7 Å². The molecule has 0 aromatic carbocycles. The Hall–Kier alpha value is -0.420. The van der Waals surface area contributed by atoms with Gasteiger partial charge in [0.25, 0.3) is 0 Å². The SMILES string of the molecule is CCC(CN)C(=O)NC1CCS(=O)CC1. The standard InChI is InChI=1S/C10H20N2O2S/c1-2-8(7-11)10(13)12-9-3-5-15(14)6-4-9/h8-9H,2-7,11H2,1H3,(H,12,13). The van der Waals surface area contributed by atoms with Crippen molar-refractivity contribution in [1.29, 1.82) is 0 Å². The van der Waals surface area contributed by atoms with E-state index in [4.69, 9.17) is 5.73 Å². The van der Waals surface area contributed by atoms with E-state index in [0.29, 0.717) is 18.1 Å². The van der Waals surface area contributed by atoms with Gasteiger partial charge in [0.1, 0.15) is 0 Å². The lowest BCUT2D eigenvalue weighted by atomic mass is 10.0. The maximum absolute atomic E-state index is 11.7. The summed E-state index contributed by atoms with van der Waals surface area (Å²) in [6.45, 7) is 2.37. The molecule has 0 bridgehead atoms. The quantitative estimate of drug-likeness (QED) is 0.716. The molecule has 1 fully saturated rings. The van der Waals surface area contributed by atoms with Crippen LogP contribution in [0.5, 0.6) is 0 Å². The highest BCUT2D eigenvalue weighted by atomic mass is 32.2. The van der Waals surface area contributed by atoms with Gasteiger partial charge in [-0.3, -0.25) is 9.00 Å². The zero-order chi connectivity index (χ0) is 11.3. The lowest BCUT2D eigenvalue weighted by molar-refractivity contribution is -0.125. The molecule has 5 heteroatoms. The molecule has 0 aromatic heterocycles. The Morgan fingerprint density at radius 2 is 2.13 bits per heavy atom. The molecule has 1 rings (SSSR count). The molecule has 3 N–H and O–H groups in total. The second-order valence-corrected chi connectivity index (χ2v) is 5.67. The summed E-state index contributed by atoms with van der Waals surface area (Å²) in [5.41, 5.74) is 5.50. The molecule has 88 valence electrons. The van der Waals surface area contributed by atoms with E-state index in [9.17, 15) is 9.00 Å². The monoisotopic (exact) mass is 232 g/mol. The van der Waals surface area contributed by atoms with Gasteiger partial charge in [-0.25, -0.2) is 0 Å². The number of rotatable bonds is 4. The summed E-state index contributed by atoms with van der Waals surface area (Å²) in [6, 6.07) is 0.204. The molecule has 1 saturated heterocycles. The van der Waals surface area contributed by atoms with Gasteiger partial charge >= 0.3 is 0 Å². The first-order valence-corrected chi connectivity index (χ1v) is 7.01. The largest absolute Gasteiger partial charge is 0.353 e. The number of amides is 1. The molecule has 4 nitrogen and oxygen atoms in total. The molecule has 1 unspecified atom stereocenters. The lowest BCUT2D eigenvalue weighted by Crippen LogP contribution is -2.43. The Bertz CT molecular complexity index is 232. The molecular formula is C10H20N2O2S. The first-order chi connectivity index (χ1) is 7.17. The fourth-order valence-electron chi connectivity index (χ4n) is 1.72. The summed E-state index contributed by atoms with van der Waals surface area (Å²) >= 11 is 0. The van der Waals surface area contributed by atoms with Crippen molar-refractivity contribution in [2.24, 2.45) is 11.7 Å². The fourth-order valence-corrected chi connectivity index (χ4v) is 3.02. The Balaban J connectivity index is 2.34. The van der Waals surface area contributed by atoms with Crippen LogP contribution >= 0.6 is 0 Å². The van der Waals surface area contributed by atoms with Crippen molar-refractivity contribution in [2.45, 2.75) is 32.2 Å². The second-order valence-electron chi connectivity index (χ2n) is 3.97. The minimum atomic E-state index is -0.666. The second kappa shape index (κ2) is 6.23. The van der Waals surface area contributed by atoms with E-state index < -0.39 is 10.8 Å². The lowest BCUT2D eigenvalue weighted by Gasteiger charge is -2.24. The van der Waals surface area contributed by atoms with Gasteiger partial charge in [0, 0.05) is 40.8 Å². The van der Waals surface area contributed by atoms with Gasteiger partial charge in [-0.2, -0.15) is 0 Å². The molecule has 15 heavy (non-hydrogen) atoms. The summed E-state index contributed by atoms with van der Waals surface area (Å²) in [4.78, 5) is 11.7. The molecule has 1 aliphatic heterocycles. The third-order valence-corrected chi connectivity index (χ3v) is 4.26. The Labute approximate surface area is 93.4 Å². The van der Waals surface area contributed by atoms with Gasteiger partial charge < -0.3 is 11.1 Å². The summed E-state index contributed by atoms with van der Waals surface area (Å²) in [7, 11) is -0.666. The number of carbonyl (C=O) groups excluding carboxylic acids is 1. The third kappa shape index (κ3) is 3.91. The van der Waals surface area contributed by atoms with Crippen LogP contribution in [0.2, 0.25) is 0 Å². The molecule has 0 spiro atoms. The van der Waals surface area contributed by atoms with Crippen LogP contribution in [0.15, 0.2) is 0 Å². The number of nitrogens with one attached hydrogen (secondary N) is 1. The van der Waals surface area contributed by atoms with Crippen molar-refractivity contribution in [1.82, 2.24) is 5.32 Å². The highest BCUT2D eigenvalue weighted by molar-refractivity contribution is 7.85. The normalized spacial score (nSPS) is 28.4. The van der Waals surface area contributed by atoms with Gasteiger partial charge in [-0.15, -0.1) is 0 Å². The predicted molar refractivity (Wildman–Crippen MR) is 61.9 cm³/mol.